The number of anilines is 1. The van der Waals surface area contributed by atoms with Gasteiger partial charge in [0.2, 0.25) is 5.95 Å². The van der Waals surface area contributed by atoms with Crippen molar-refractivity contribution in [3.05, 3.63) is 42.2 Å². The maximum Gasteiger partial charge on any atom is 0.223 e. The number of hydrogen-bond acceptors (Lipinski definition) is 5. The zero-order valence-electron chi connectivity index (χ0n) is 16.8. The molecule has 2 aromatic heterocycles. The Morgan fingerprint density at radius 2 is 1.64 bits per heavy atom. The molecule has 28 heavy (non-hydrogen) atoms. The number of nitrogens with two attached hydrogens (primary N) is 1. The van der Waals surface area contributed by atoms with Gasteiger partial charge in [0, 0.05) is 0 Å². The van der Waals surface area contributed by atoms with E-state index in [9.17, 15) is 0 Å². The van der Waals surface area contributed by atoms with Crippen LogP contribution in [0.2, 0.25) is 0 Å². The van der Waals surface area contributed by atoms with Gasteiger partial charge in [-0.1, -0.05) is 82.2 Å². The molecule has 5 nitrogen and oxygen atoms in total. The smallest absolute Gasteiger partial charge is 0.223 e. The molecule has 0 aliphatic heterocycles. The van der Waals surface area contributed by atoms with Crippen molar-refractivity contribution < 1.29 is 0 Å². The van der Waals surface area contributed by atoms with Gasteiger partial charge in [-0.05, 0) is 17.7 Å². The van der Waals surface area contributed by atoms with E-state index in [0.29, 0.717) is 5.95 Å². The fourth-order valence-electron chi connectivity index (χ4n) is 3.34. The summed E-state index contributed by atoms with van der Waals surface area (Å²) in [5, 5.41) is 0.900. The van der Waals surface area contributed by atoms with Gasteiger partial charge in [-0.25, -0.2) is 9.97 Å². The van der Waals surface area contributed by atoms with Crippen molar-refractivity contribution >= 4 is 28.9 Å². The first-order valence-electron chi connectivity index (χ1n) is 10.4. The Morgan fingerprint density at radius 1 is 0.929 bits per heavy atom. The minimum absolute atomic E-state index is 0.320. The van der Waals surface area contributed by atoms with Crippen molar-refractivity contribution in [3.63, 3.8) is 0 Å². The third-order valence-corrected chi connectivity index (χ3v) is 5.93. The Bertz CT molecular complexity index is 847. The predicted octanol–water partition coefficient (Wildman–Crippen LogP) is 5.69. The van der Waals surface area contributed by atoms with Crippen LogP contribution in [0.4, 0.5) is 5.95 Å². The molecule has 0 aliphatic rings. The number of unbranched alkanes of at least 4 members (excludes halogenated alkanes) is 7. The molecule has 6 heteroatoms. The normalized spacial score (nSPS) is 11.3. The van der Waals surface area contributed by atoms with Crippen molar-refractivity contribution in [2.45, 2.75) is 69.9 Å². The van der Waals surface area contributed by atoms with Gasteiger partial charge in [-0.3, -0.25) is 0 Å². The molecule has 0 spiro atoms. The Hall–Kier alpha value is -2.08. The second-order valence-corrected chi connectivity index (χ2v) is 8.32. The number of nitrogen functional groups attached to an aromatic ring is 1. The number of fused-ring (bicyclic) bond motifs is 1. The summed E-state index contributed by atoms with van der Waals surface area (Å²) in [6.07, 6.45) is 12.5. The molecule has 0 amide bonds. The monoisotopic (exact) mass is 397 g/mol. The van der Waals surface area contributed by atoms with E-state index >= 15 is 0 Å². The Morgan fingerprint density at radius 3 is 2.39 bits per heavy atom. The lowest BCUT2D eigenvalue weighted by Crippen LogP contribution is -2.03. The lowest BCUT2D eigenvalue weighted by molar-refractivity contribution is 0.586. The average molecular weight is 398 g/mol. The molecule has 0 radical (unpaired) electrons. The van der Waals surface area contributed by atoms with Gasteiger partial charge in [0.05, 0.1) is 12.9 Å². The first kappa shape index (κ1) is 20.6. The Kier molecular flexibility index (Phi) is 8.15. The van der Waals surface area contributed by atoms with Crippen molar-refractivity contribution in [2.24, 2.45) is 0 Å². The molecule has 0 bridgehead atoms. The molecule has 3 aromatic rings. The second kappa shape index (κ2) is 11.1. The Balaban J connectivity index is 1.54. The van der Waals surface area contributed by atoms with Crippen LogP contribution in [-0.4, -0.2) is 25.3 Å². The maximum absolute atomic E-state index is 5.98. The highest BCUT2D eigenvalue weighted by atomic mass is 32.2. The summed E-state index contributed by atoms with van der Waals surface area (Å²) in [6, 6.07) is 10.3. The maximum atomic E-state index is 5.98. The number of benzene rings is 1. The lowest BCUT2D eigenvalue weighted by Gasteiger charge is -2.06. The second-order valence-electron chi connectivity index (χ2n) is 7.24. The van der Waals surface area contributed by atoms with Gasteiger partial charge < -0.3 is 10.3 Å². The summed E-state index contributed by atoms with van der Waals surface area (Å²) in [5.74, 6) is 1.37. The molecule has 3 rings (SSSR count). The number of imidazole rings is 1. The molecule has 0 fully saturated rings. The number of aromatic nitrogens is 4. The van der Waals surface area contributed by atoms with E-state index in [-0.39, 0.29) is 0 Å². The molecule has 0 aliphatic carbocycles. The first-order valence-corrected chi connectivity index (χ1v) is 11.4. The summed E-state index contributed by atoms with van der Waals surface area (Å²) in [7, 11) is 0. The van der Waals surface area contributed by atoms with E-state index in [1.54, 1.807) is 11.8 Å². The number of hydrogen-bond donors (Lipinski definition) is 1. The van der Waals surface area contributed by atoms with Crippen LogP contribution >= 0.6 is 11.8 Å². The molecule has 2 heterocycles. The topological polar surface area (TPSA) is 69.6 Å². The Labute approximate surface area is 172 Å². The van der Waals surface area contributed by atoms with Crippen LogP contribution < -0.4 is 5.73 Å². The number of nitrogens with zero attached hydrogens (tertiary/aromatic N) is 4. The van der Waals surface area contributed by atoms with Crippen LogP contribution in [0.15, 0.2) is 41.7 Å². The molecular formula is C22H31N5S. The molecule has 0 atom stereocenters. The van der Waals surface area contributed by atoms with Crippen molar-refractivity contribution in [2.75, 3.05) is 11.5 Å². The van der Waals surface area contributed by atoms with Gasteiger partial charge in [0.15, 0.2) is 5.65 Å². The molecule has 2 N–H and O–H groups in total. The van der Waals surface area contributed by atoms with Gasteiger partial charge in [-0.15, -0.1) is 11.8 Å². The molecule has 1 aromatic carbocycles. The summed E-state index contributed by atoms with van der Waals surface area (Å²) < 4.78 is 2.04. The van der Waals surface area contributed by atoms with Crippen LogP contribution in [0.1, 0.15) is 63.9 Å². The minimum atomic E-state index is 0.320. The van der Waals surface area contributed by atoms with E-state index in [4.69, 9.17) is 5.73 Å². The highest BCUT2D eigenvalue weighted by Crippen LogP contribution is 2.26. The van der Waals surface area contributed by atoms with Crippen molar-refractivity contribution in [1.29, 1.82) is 0 Å². The zero-order chi connectivity index (χ0) is 19.6. The lowest BCUT2D eigenvalue weighted by atomic mass is 10.1. The fourth-order valence-corrected chi connectivity index (χ4v) is 4.32. The van der Waals surface area contributed by atoms with Crippen LogP contribution in [0.25, 0.3) is 11.2 Å². The highest BCUT2D eigenvalue weighted by Gasteiger charge is 2.13. The fraction of sp³-hybridized carbons (Fsp3) is 0.500. The summed E-state index contributed by atoms with van der Waals surface area (Å²) in [5.41, 5.74) is 8.87. The molecule has 0 unspecified atom stereocenters. The largest absolute Gasteiger partial charge is 0.368 e. The van der Waals surface area contributed by atoms with Gasteiger partial charge in [0.25, 0.3) is 0 Å². The standard InChI is InChI=1S/C22H31N5S/c1-2-3-4-5-6-7-8-12-15-28-21-19-20(25-22(23)26-21)27(17-24-19)16-18-13-10-9-11-14-18/h9-11,13-14,17H,2-8,12,15-16H2,1H3,(H2,23,25,26). The van der Waals surface area contributed by atoms with E-state index < -0.39 is 0 Å². The average Bonchev–Trinajstić information content (AvgIpc) is 3.10. The number of rotatable bonds is 12. The van der Waals surface area contributed by atoms with E-state index in [2.05, 4.69) is 34.0 Å². The molecule has 150 valence electrons. The number of thioether (sulfide) groups is 1. The van der Waals surface area contributed by atoms with E-state index in [0.717, 1.165) is 28.5 Å². The molecule has 0 saturated carbocycles. The SMILES string of the molecule is CCCCCCCCCCSc1nc(N)nc2c1ncn2Cc1ccccc1. The quantitative estimate of drug-likeness (QED) is 0.241. The summed E-state index contributed by atoms with van der Waals surface area (Å²) >= 11 is 1.75. The van der Waals surface area contributed by atoms with Gasteiger partial charge >= 0.3 is 0 Å². The summed E-state index contributed by atoms with van der Waals surface area (Å²) in [6.45, 7) is 2.99. The third kappa shape index (κ3) is 5.96. The van der Waals surface area contributed by atoms with Gasteiger partial charge in [-0.2, -0.15) is 4.98 Å². The van der Waals surface area contributed by atoms with Crippen molar-refractivity contribution in [1.82, 2.24) is 19.5 Å². The van der Waals surface area contributed by atoms with E-state index in [1.165, 1.54) is 56.9 Å². The summed E-state index contributed by atoms with van der Waals surface area (Å²) in [4.78, 5) is 13.5. The van der Waals surface area contributed by atoms with Crippen LogP contribution in [-0.2, 0) is 6.54 Å². The van der Waals surface area contributed by atoms with Crippen molar-refractivity contribution in [3.8, 4) is 0 Å². The third-order valence-electron chi connectivity index (χ3n) is 4.88. The highest BCUT2D eigenvalue weighted by molar-refractivity contribution is 7.99. The molecular weight excluding hydrogens is 366 g/mol. The molecule has 0 saturated heterocycles. The zero-order valence-corrected chi connectivity index (χ0v) is 17.6. The van der Waals surface area contributed by atoms with Gasteiger partial charge in [0.1, 0.15) is 10.5 Å². The van der Waals surface area contributed by atoms with Crippen LogP contribution in [0, 0.1) is 0 Å². The minimum Gasteiger partial charge on any atom is -0.368 e. The van der Waals surface area contributed by atoms with Crippen LogP contribution in [0.3, 0.4) is 0 Å². The predicted molar refractivity (Wildman–Crippen MR) is 119 cm³/mol. The van der Waals surface area contributed by atoms with E-state index in [1.807, 2.05) is 29.1 Å². The van der Waals surface area contributed by atoms with Crippen LogP contribution in [0.5, 0.6) is 0 Å². The first-order chi connectivity index (χ1) is 13.8.